The quantitative estimate of drug-likeness (QED) is 0.789. The lowest BCUT2D eigenvalue weighted by Gasteiger charge is -2.46. The molecule has 0 aromatic rings. The number of nitrogens with two attached hydrogens (primary N) is 1. The highest BCUT2D eigenvalue weighted by Crippen LogP contribution is 2.46. The molecule has 2 unspecified atom stereocenters. The van der Waals surface area contributed by atoms with Crippen LogP contribution in [0.15, 0.2) is 41.1 Å². The van der Waals surface area contributed by atoms with Crippen molar-refractivity contribution in [2.24, 2.45) is 28.0 Å². The second kappa shape index (κ2) is 7.13. The van der Waals surface area contributed by atoms with Crippen LogP contribution in [0.3, 0.4) is 0 Å². The van der Waals surface area contributed by atoms with Crippen molar-refractivity contribution >= 4 is 5.84 Å². The summed E-state index contributed by atoms with van der Waals surface area (Å²) in [6.07, 6.45) is 19.4. The van der Waals surface area contributed by atoms with Crippen molar-refractivity contribution in [2.45, 2.75) is 65.2 Å². The van der Waals surface area contributed by atoms with Gasteiger partial charge in [0, 0.05) is 25.5 Å². The zero-order chi connectivity index (χ0) is 18.1. The number of hydrogen-bond donors (Lipinski definition) is 1. The molecule has 1 spiro atoms. The van der Waals surface area contributed by atoms with Crippen LogP contribution in [0.5, 0.6) is 0 Å². The fourth-order valence-corrected chi connectivity index (χ4v) is 5.48. The molecule has 4 aliphatic rings. The summed E-state index contributed by atoms with van der Waals surface area (Å²) in [7, 11) is 0. The summed E-state index contributed by atoms with van der Waals surface area (Å²) < 4.78 is 0. The van der Waals surface area contributed by atoms with Crippen molar-refractivity contribution in [1.82, 2.24) is 9.80 Å². The first-order valence-corrected chi connectivity index (χ1v) is 10.6. The summed E-state index contributed by atoms with van der Waals surface area (Å²) in [5, 5.41) is 0. The lowest BCUT2D eigenvalue weighted by molar-refractivity contribution is 0.100. The smallest absolute Gasteiger partial charge is 0.147 e. The van der Waals surface area contributed by atoms with Gasteiger partial charge in [0.15, 0.2) is 0 Å². The Kier molecular flexibility index (Phi) is 4.85. The molecular weight excluding hydrogens is 320 g/mol. The molecule has 0 aromatic heterocycles. The van der Waals surface area contributed by atoms with Crippen LogP contribution in [0.25, 0.3) is 0 Å². The molecule has 1 aliphatic carbocycles. The zero-order valence-corrected chi connectivity index (χ0v) is 16.5. The van der Waals surface area contributed by atoms with Gasteiger partial charge in [0.25, 0.3) is 0 Å². The van der Waals surface area contributed by atoms with Gasteiger partial charge in [0.05, 0.1) is 5.70 Å². The van der Waals surface area contributed by atoms with Crippen molar-refractivity contribution in [1.29, 1.82) is 0 Å². The maximum absolute atomic E-state index is 6.27. The zero-order valence-electron chi connectivity index (χ0n) is 16.5. The standard InChI is InChI=1S/C22H34N4/c1-3-18-15-20(25-13-6-11-22(16-25)9-4-5-10-22)26-14-12-24-21(23)19(26)8-7-17(18)2/h8,12,14-15,17-18H,3-7,9-11,13,16H2,1-2H3,(H2,23,24)/b19-8+,20-15-. The first-order chi connectivity index (χ1) is 12.6. The third-order valence-electron chi connectivity index (χ3n) is 7.10. The molecule has 4 nitrogen and oxygen atoms in total. The minimum Gasteiger partial charge on any atom is -0.382 e. The molecule has 0 radical (unpaired) electrons. The Morgan fingerprint density at radius 2 is 2.00 bits per heavy atom. The summed E-state index contributed by atoms with van der Waals surface area (Å²) in [6, 6.07) is 0. The summed E-state index contributed by atoms with van der Waals surface area (Å²) in [4.78, 5) is 9.33. The molecule has 2 fully saturated rings. The third kappa shape index (κ3) is 3.19. The van der Waals surface area contributed by atoms with Gasteiger partial charge >= 0.3 is 0 Å². The van der Waals surface area contributed by atoms with E-state index < -0.39 is 0 Å². The van der Waals surface area contributed by atoms with E-state index in [4.69, 9.17) is 5.73 Å². The van der Waals surface area contributed by atoms with Gasteiger partial charge in [-0.15, -0.1) is 0 Å². The van der Waals surface area contributed by atoms with Crippen LogP contribution in [0, 0.1) is 17.3 Å². The fraction of sp³-hybridized carbons (Fsp3) is 0.682. The van der Waals surface area contributed by atoms with E-state index in [0.717, 1.165) is 18.7 Å². The molecule has 142 valence electrons. The van der Waals surface area contributed by atoms with Gasteiger partial charge in [-0.25, -0.2) is 4.99 Å². The molecule has 2 N–H and O–H groups in total. The number of likely N-dealkylation sites (tertiary alicyclic amines) is 1. The number of rotatable bonds is 2. The molecule has 4 rings (SSSR count). The van der Waals surface area contributed by atoms with Crippen molar-refractivity contribution in [3.8, 4) is 0 Å². The van der Waals surface area contributed by atoms with Gasteiger partial charge in [-0.05, 0) is 61.9 Å². The first kappa shape index (κ1) is 17.7. The molecule has 1 saturated heterocycles. The Morgan fingerprint density at radius 1 is 1.23 bits per heavy atom. The minimum atomic E-state index is 0.553. The van der Waals surface area contributed by atoms with Gasteiger partial charge < -0.3 is 10.6 Å². The SMILES string of the molecule is CCC1/C=C(/N2CCCC3(CCCC3)C2)N2C=CN=C(N)/C2=C\CC1C. The molecule has 1 saturated carbocycles. The first-order valence-electron chi connectivity index (χ1n) is 10.6. The summed E-state index contributed by atoms with van der Waals surface area (Å²) in [6.45, 7) is 7.05. The highest BCUT2D eigenvalue weighted by Gasteiger charge is 2.40. The van der Waals surface area contributed by atoms with Gasteiger partial charge in [0.2, 0.25) is 0 Å². The van der Waals surface area contributed by atoms with E-state index in [-0.39, 0.29) is 0 Å². The van der Waals surface area contributed by atoms with E-state index in [0.29, 0.717) is 23.1 Å². The second-order valence-corrected chi connectivity index (χ2v) is 8.81. The third-order valence-corrected chi connectivity index (χ3v) is 7.10. The number of hydrogen-bond acceptors (Lipinski definition) is 4. The molecule has 0 aromatic carbocycles. The van der Waals surface area contributed by atoms with Crippen LogP contribution in [-0.2, 0) is 0 Å². The summed E-state index contributed by atoms with van der Waals surface area (Å²) >= 11 is 0. The largest absolute Gasteiger partial charge is 0.382 e. The molecule has 26 heavy (non-hydrogen) atoms. The van der Waals surface area contributed by atoms with Gasteiger partial charge in [-0.3, -0.25) is 4.90 Å². The Balaban J connectivity index is 1.70. The molecule has 3 aliphatic heterocycles. The average Bonchev–Trinajstić information content (AvgIpc) is 3.07. The van der Waals surface area contributed by atoms with Crippen molar-refractivity contribution in [2.75, 3.05) is 13.1 Å². The van der Waals surface area contributed by atoms with Crippen molar-refractivity contribution < 1.29 is 0 Å². The van der Waals surface area contributed by atoms with E-state index in [9.17, 15) is 0 Å². The summed E-state index contributed by atoms with van der Waals surface area (Å²) in [5.41, 5.74) is 7.90. The molecular formula is C22H34N4. The Bertz CT molecular complexity index is 651. The maximum Gasteiger partial charge on any atom is 0.147 e. The number of piperidine rings is 1. The van der Waals surface area contributed by atoms with Crippen LogP contribution in [0.1, 0.15) is 65.2 Å². The molecule has 0 amide bonds. The normalized spacial score (nSPS) is 35.1. The topological polar surface area (TPSA) is 44.9 Å². The highest BCUT2D eigenvalue weighted by molar-refractivity contribution is 5.97. The molecule has 0 bridgehead atoms. The van der Waals surface area contributed by atoms with Crippen molar-refractivity contribution in [3.05, 3.63) is 36.1 Å². The van der Waals surface area contributed by atoms with Crippen LogP contribution < -0.4 is 5.73 Å². The van der Waals surface area contributed by atoms with Crippen LogP contribution >= 0.6 is 0 Å². The Labute approximate surface area is 158 Å². The average molecular weight is 355 g/mol. The Morgan fingerprint density at radius 3 is 2.77 bits per heavy atom. The van der Waals surface area contributed by atoms with Crippen LogP contribution in [0.4, 0.5) is 0 Å². The molecule has 4 heteroatoms. The predicted octanol–water partition coefficient (Wildman–Crippen LogP) is 4.58. The van der Waals surface area contributed by atoms with Crippen LogP contribution in [0.2, 0.25) is 0 Å². The Hall–Kier alpha value is -1.71. The number of fused-ring (bicyclic) bond motifs is 1. The highest BCUT2D eigenvalue weighted by atomic mass is 15.3. The predicted molar refractivity (Wildman–Crippen MR) is 108 cm³/mol. The fourth-order valence-electron chi connectivity index (χ4n) is 5.48. The lowest BCUT2D eigenvalue weighted by atomic mass is 9.78. The van der Waals surface area contributed by atoms with Gasteiger partial charge in [-0.2, -0.15) is 0 Å². The number of nitrogens with zero attached hydrogens (tertiary/aromatic N) is 3. The van der Waals surface area contributed by atoms with Gasteiger partial charge in [0.1, 0.15) is 11.7 Å². The van der Waals surface area contributed by atoms with E-state index in [1.165, 1.54) is 57.3 Å². The summed E-state index contributed by atoms with van der Waals surface area (Å²) in [5.74, 6) is 3.23. The maximum atomic E-state index is 6.27. The number of aliphatic imine (C=N–C) groups is 1. The monoisotopic (exact) mass is 354 g/mol. The minimum absolute atomic E-state index is 0.553. The van der Waals surface area contributed by atoms with E-state index in [1.54, 1.807) is 0 Å². The van der Waals surface area contributed by atoms with Crippen LogP contribution in [-0.4, -0.2) is 28.7 Å². The number of amidine groups is 1. The van der Waals surface area contributed by atoms with Gasteiger partial charge in [-0.1, -0.05) is 32.8 Å². The number of allylic oxidation sites excluding steroid dienone is 2. The van der Waals surface area contributed by atoms with E-state index in [2.05, 4.69) is 47.0 Å². The second-order valence-electron chi connectivity index (χ2n) is 8.81. The molecule has 2 atom stereocenters. The lowest BCUT2D eigenvalue weighted by Crippen LogP contribution is -2.46. The van der Waals surface area contributed by atoms with E-state index in [1.807, 2.05) is 6.20 Å². The van der Waals surface area contributed by atoms with E-state index >= 15 is 0 Å². The molecule has 3 heterocycles. The van der Waals surface area contributed by atoms with Crippen molar-refractivity contribution in [3.63, 3.8) is 0 Å².